The summed E-state index contributed by atoms with van der Waals surface area (Å²) in [6, 6.07) is 12.3. The summed E-state index contributed by atoms with van der Waals surface area (Å²) in [4.78, 5) is 12.1. The van der Waals surface area contributed by atoms with Gasteiger partial charge in [-0.05, 0) is 31.5 Å². The number of amides is 1. The van der Waals surface area contributed by atoms with Gasteiger partial charge in [0.1, 0.15) is 5.82 Å². The van der Waals surface area contributed by atoms with Crippen LogP contribution < -0.4 is 5.32 Å². The van der Waals surface area contributed by atoms with Gasteiger partial charge in [0, 0.05) is 5.75 Å². The van der Waals surface area contributed by atoms with Crippen LogP contribution in [0.25, 0.3) is 0 Å². The zero-order valence-electron chi connectivity index (χ0n) is 13.7. The van der Waals surface area contributed by atoms with Gasteiger partial charge in [0.15, 0.2) is 4.34 Å². The Kier molecular flexibility index (Phi) is 5.45. The molecule has 3 aromatic rings. The standard InChI is InChI=1S/C18H16FN3OS2/c1-11-7-12(2)9-13(8-11)10-24-18-22-21-17(25-18)20-16(23)14-5-3-4-6-15(14)19/h3-9H,10H2,1-2H3,(H,20,21,23). The Morgan fingerprint density at radius 1 is 1.16 bits per heavy atom. The summed E-state index contributed by atoms with van der Waals surface area (Å²) in [7, 11) is 0. The van der Waals surface area contributed by atoms with E-state index in [9.17, 15) is 9.18 Å². The van der Waals surface area contributed by atoms with Crippen LogP contribution in [0, 0.1) is 19.7 Å². The Morgan fingerprint density at radius 2 is 1.88 bits per heavy atom. The molecule has 0 bridgehead atoms. The Balaban J connectivity index is 1.62. The van der Waals surface area contributed by atoms with E-state index in [1.165, 1.54) is 40.2 Å². The summed E-state index contributed by atoms with van der Waals surface area (Å²) in [5.41, 5.74) is 3.66. The third kappa shape index (κ3) is 4.64. The van der Waals surface area contributed by atoms with Crippen molar-refractivity contribution < 1.29 is 9.18 Å². The fourth-order valence-electron chi connectivity index (χ4n) is 2.43. The first-order valence-corrected chi connectivity index (χ1v) is 9.41. The van der Waals surface area contributed by atoms with Crippen LogP contribution in [0.4, 0.5) is 9.52 Å². The van der Waals surface area contributed by atoms with E-state index in [1.807, 2.05) is 0 Å². The van der Waals surface area contributed by atoms with Gasteiger partial charge in [-0.1, -0.05) is 64.6 Å². The minimum Gasteiger partial charge on any atom is -0.296 e. The van der Waals surface area contributed by atoms with Gasteiger partial charge in [-0.25, -0.2) is 4.39 Å². The number of hydrogen-bond acceptors (Lipinski definition) is 5. The fraction of sp³-hybridized carbons (Fsp3) is 0.167. The molecule has 0 aliphatic rings. The topological polar surface area (TPSA) is 54.9 Å². The number of carbonyl (C=O) groups is 1. The number of aromatic nitrogens is 2. The van der Waals surface area contributed by atoms with Gasteiger partial charge in [-0.3, -0.25) is 10.1 Å². The molecule has 0 spiro atoms. The molecule has 3 rings (SSSR count). The predicted molar refractivity (Wildman–Crippen MR) is 99.7 cm³/mol. The second-order valence-corrected chi connectivity index (χ2v) is 7.79. The predicted octanol–water partition coefficient (Wildman–Crippen LogP) is 4.84. The van der Waals surface area contributed by atoms with Crippen molar-refractivity contribution in [1.29, 1.82) is 0 Å². The summed E-state index contributed by atoms with van der Waals surface area (Å²) in [6.45, 7) is 4.14. The Bertz CT molecular complexity index is 891. The molecular weight excluding hydrogens is 357 g/mol. The average molecular weight is 373 g/mol. The number of rotatable bonds is 5. The average Bonchev–Trinajstić information content (AvgIpc) is 3.00. The van der Waals surface area contributed by atoms with Crippen LogP contribution in [-0.4, -0.2) is 16.1 Å². The quantitative estimate of drug-likeness (QED) is 0.514. The van der Waals surface area contributed by atoms with E-state index < -0.39 is 11.7 Å². The molecule has 25 heavy (non-hydrogen) atoms. The lowest BCUT2D eigenvalue weighted by Crippen LogP contribution is -2.13. The van der Waals surface area contributed by atoms with Crippen molar-refractivity contribution in [2.75, 3.05) is 5.32 Å². The number of nitrogens with zero attached hydrogens (tertiary/aromatic N) is 2. The van der Waals surface area contributed by atoms with Crippen LogP contribution in [0.3, 0.4) is 0 Å². The van der Waals surface area contributed by atoms with Gasteiger partial charge in [-0.2, -0.15) is 0 Å². The highest BCUT2D eigenvalue weighted by Gasteiger charge is 2.14. The molecule has 0 aliphatic carbocycles. The summed E-state index contributed by atoms with van der Waals surface area (Å²) in [6.07, 6.45) is 0. The highest BCUT2D eigenvalue weighted by molar-refractivity contribution is 8.00. The minimum atomic E-state index is -0.561. The molecule has 0 saturated heterocycles. The van der Waals surface area contributed by atoms with Crippen molar-refractivity contribution in [2.45, 2.75) is 23.9 Å². The maximum absolute atomic E-state index is 13.6. The number of halogens is 1. The maximum Gasteiger partial charge on any atom is 0.260 e. The molecule has 1 aromatic heterocycles. The molecule has 2 aromatic carbocycles. The van der Waals surface area contributed by atoms with E-state index in [0.29, 0.717) is 5.13 Å². The van der Waals surface area contributed by atoms with Crippen LogP contribution in [0.15, 0.2) is 46.8 Å². The zero-order valence-corrected chi connectivity index (χ0v) is 15.4. The highest BCUT2D eigenvalue weighted by Crippen LogP contribution is 2.29. The van der Waals surface area contributed by atoms with Crippen molar-refractivity contribution in [3.63, 3.8) is 0 Å². The van der Waals surface area contributed by atoms with Gasteiger partial charge >= 0.3 is 0 Å². The fourth-order valence-corrected chi connectivity index (χ4v) is 4.10. The first-order valence-electron chi connectivity index (χ1n) is 7.60. The van der Waals surface area contributed by atoms with Gasteiger partial charge in [-0.15, -0.1) is 10.2 Å². The van der Waals surface area contributed by atoms with Crippen LogP contribution in [0.2, 0.25) is 0 Å². The molecule has 1 N–H and O–H groups in total. The van der Waals surface area contributed by atoms with E-state index in [2.05, 4.69) is 47.6 Å². The lowest BCUT2D eigenvalue weighted by molar-refractivity contribution is 0.102. The van der Waals surface area contributed by atoms with Crippen molar-refractivity contribution in [2.24, 2.45) is 0 Å². The number of benzene rings is 2. The first kappa shape index (κ1) is 17.6. The number of aryl methyl sites for hydroxylation is 2. The number of anilines is 1. The second kappa shape index (κ2) is 7.76. The zero-order chi connectivity index (χ0) is 17.8. The Hall–Kier alpha value is -2.25. The molecular formula is C18H16FN3OS2. The number of nitrogens with one attached hydrogen (secondary N) is 1. The number of thioether (sulfide) groups is 1. The van der Waals surface area contributed by atoms with E-state index in [-0.39, 0.29) is 5.56 Å². The molecule has 4 nitrogen and oxygen atoms in total. The molecule has 0 aliphatic heterocycles. The lowest BCUT2D eigenvalue weighted by atomic mass is 10.1. The van der Waals surface area contributed by atoms with Gasteiger partial charge in [0.05, 0.1) is 5.56 Å². The van der Waals surface area contributed by atoms with Crippen LogP contribution in [0.1, 0.15) is 27.0 Å². The summed E-state index contributed by atoms with van der Waals surface area (Å²) in [5, 5.41) is 11.0. The van der Waals surface area contributed by atoms with Crippen molar-refractivity contribution >= 4 is 34.1 Å². The van der Waals surface area contributed by atoms with E-state index in [0.717, 1.165) is 10.1 Å². The second-order valence-electron chi connectivity index (χ2n) is 5.59. The monoisotopic (exact) mass is 373 g/mol. The van der Waals surface area contributed by atoms with Crippen LogP contribution in [-0.2, 0) is 5.75 Å². The first-order chi connectivity index (χ1) is 12.0. The van der Waals surface area contributed by atoms with Crippen molar-refractivity contribution in [1.82, 2.24) is 10.2 Å². The van der Waals surface area contributed by atoms with E-state index >= 15 is 0 Å². The summed E-state index contributed by atoms with van der Waals surface area (Å²) < 4.78 is 14.4. The van der Waals surface area contributed by atoms with Gasteiger partial charge < -0.3 is 0 Å². The number of hydrogen-bond donors (Lipinski definition) is 1. The third-order valence-corrected chi connectivity index (χ3v) is 5.43. The number of carbonyl (C=O) groups excluding carboxylic acids is 1. The van der Waals surface area contributed by atoms with Crippen molar-refractivity contribution in [3.05, 3.63) is 70.5 Å². The third-order valence-electron chi connectivity index (χ3n) is 3.39. The van der Waals surface area contributed by atoms with Crippen LogP contribution in [0.5, 0.6) is 0 Å². The van der Waals surface area contributed by atoms with Gasteiger partial charge in [0.25, 0.3) is 5.91 Å². The molecule has 0 fully saturated rings. The van der Waals surface area contributed by atoms with E-state index in [4.69, 9.17) is 0 Å². The smallest absolute Gasteiger partial charge is 0.260 e. The summed E-state index contributed by atoms with van der Waals surface area (Å²) >= 11 is 2.83. The molecule has 1 heterocycles. The van der Waals surface area contributed by atoms with Crippen molar-refractivity contribution in [3.8, 4) is 0 Å². The Labute approximate surface area is 153 Å². The van der Waals surface area contributed by atoms with E-state index in [1.54, 1.807) is 23.9 Å². The molecule has 7 heteroatoms. The molecule has 0 atom stereocenters. The minimum absolute atomic E-state index is 0.0119. The maximum atomic E-state index is 13.6. The highest BCUT2D eigenvalue weighted by atomic mass is 32.2. The molecule has 0 radical (unpaired) electrons. The van der Waals surface area contributed by atoms with Gasteiger partial charge in [0.2, 0.25) is 5.13 Å². The SMILES string of the molecule is Cc1cc(C)cc(CSc2nnc(NC(=O)c3ccccc3F)s2)c1. The molecule has 0 unspecified atom stereocenters. The lowest BCUT2D eigenvalue weighted by Gasteiger charge is -2.03. The Morgan fingerprint density at radius 3 is 2.60 bits per heavy atom. The normalized spacial score (nSPS) is 10.7. The molecule has 1 amide bonds. The molecule has 0 saturated carbocycles. The largest absolute Gasteiger partial charge is 0.296 e. The van der Waals surface area contributed by atoms with Crippen LogP contribution >= 0.6 is 23.1 Å². The summed E-state index contributed by atoms with van der Waals surface area (Å²) in [5.74, 6) is -0.313. The molecule has 128 valence electrons.